The Morgan fingerprint density at radius 2 is 0.750 bits per heavy atom. The van der Waals surface area contributed by atoms with Gasteiger partial charge in [0.25, 0.3) is 0 Å². The Kier molecular flexibility index (Phi) is 6.80. The number of benzene rings is 8. The van der Waals surface area contributed by atoms with Crippen LogP contribution in [0.15, 0.2) is 176 Å². The molecule has 0 unspecified atom stereocenters. The molecule has 0 saturated carbocycles. The van der Waals surface area contributed by atoms with E-state index in [1.165, 1.54) is 43.8 Å². The zero-order valence-corrected chi connectivity index (χ0v) is 26.1. The van der Waals surface area contributed by atoms with Gasteiger partial charge in [-0.2, -0.15) is 0 Å². The molecule has 1 heterocycles. The van der Waals surface area contributed by atoms with Crippen LogP contribution in [0.1, 0.15) is 0 Å². The van der Waals surface area contributed by atoms with Crippen LogP contribution in [-0.2, 0) is 0 Å². The van der Waals surface area contributed by atoms with Crippen LogP contribution in [0, 0.1) is 0 Å². The maximum atomic E-state index is 4.94. The Balaban J connectivity index is 1.15. The molecule has 0 saturated heterocycles. The number of rotatable bonds is 5. The molecule has 0 atom stereocenters. The summed E-state index contributed by atoms with van der Waals surface area (Å²) in [6.45, 7) is 0. The first-order valence-electron chi connectivity index (χ1n) is 16.2. The minimum atomic E-state index is 0.655. The molecular weight excluding hydrogens is 583 g/mol. The summed E-state index contributed by atoms with van der Waals surface area (Å²) in [6, 6.07) is 61.9. The van der Waals surface area contributed by atoms with E-state index in [0.717, 1.165) is 27.5 Å². The van der Waals surface area contributed by atoms with Crippen molar-refractivity contribution in [1.82, 2.24) is 15.0 Å². The second kappa shape index (κ2) is 11.7. The van der Waals surface area contributed by atoms with E-state index in [4.69, 9.17) is 15.0 Å². The summed E-state index contributed by atoms with van der Waals surface area (Å²) in [5.74, 6) is 1.97. The molecule has 0 bridgehead atoms. The van der Waals surface area contributed by atoms with Crippen LogP contribution < -0.4 is 0 Å². The lowest BCUT2D eigenvalue weighted by atomic mass is 9.89. The summed E-state index contributed by atoms with van der Waals surface area (Å²) in [4.78, 5) is 14.7. The molecular formula is C45H29N3. The lowest BCUT2D eigenvalue weighted by Crippen LogP contribution is -2.00. The van der Waals surface area contributed by atoms with Gasteiger partial charge in [0.2, 0.25) is 0 Å². The number of aromatic nitrogens is 3. The third kappa shape index (κ3) is 4.99. The highest BCUT2D eigenvalue weighted by molar-refractivity contribution is 6.15. The highest BCUT2D eigenvalue weighted by Crippen LogP contribution is 2.40. The van der Waals surface area contributed by atoms with Gasteiger partial charge in [-0.1, -0.05) is 164 Å². The zero-order chi connectivity index (χ0) is 31.9. The Labute approximate surface area is 278 Å². The third-order valence-electron chi connectivity index (χ3n) is 9.10. The Morgan fingerprint density at radius 1 is 0.271 bits per heavy atom. The monoisotopic (exact) mass is 611 g/mol. The van der Waals surface area contributed by atoms with Gasteiger partial charge in [0, 0.05) is 16.7 Å². The predicted molar refractivity (Wildman–Crippen MR) is 200 cm³/mol. The fourth-order valence-corrected chi connectivity index (χ4v) is 6.74. The van der Waals surface area contributed by atoms with Gasteiger partial charge in [-0.05, 0) is 66.7 Å². The van der Waals surface area contributed by atoms with E-state index in [9.17, 15) is 0 Å². The predicted octanol–water partition coefficient (Wildman–Crippen LogP) is 11.7. The van der Waals surface area contributed by atoms with E-state index in [1.807, 2.05) is 60.7 Å². The number of nitrogens with zero attached hydrogens (tertiary/aromatic N) is 3. The van der Waals surface area contributed by atoms with Crippen molar-refractivity contribution < 1.29 is 0 Å². The standard InChI is InChI=1S/C45H29N3/c1-3-13-32(14-4-1)43-46-44(33-15-5-2-6-16-33)48-45(47-43)37-27-25-34-28-36(26-24-35(34)29-37)38-18-9-10-20-40(38)41-21-11-17-31-23-22-30-12-7-8-19-39(30)42(31)41/h1-29H. The van der Waals surface area contributed by atoms with E-state index in [2.05, 4.69) is 115 Å². The first-order valence-corrected chi connectivity index (χ1v) is 16.2. The molecule has 3 heteroatoms. The van der Waals surface area contributed by atoms with E-state index in [1.54, 1.807) is 0 Å². The van der Waals surface area contributed by atoms with Gasteiger partial charge in [0.05, 0.1) is 0 Å². The molecule has 0 N–H and O–H groups in total. The van der Waals surface area contributed by atoms with Crippen molar-refractivity contribution in [2.24, 2.45) is 0 Å². The topological polar surface area (TPSA) is 38.7 Å². The molecule has 3 nitrogen and oxygen atoms in total. The van der Waals surface area contributed by atoms with E-state index in [0.29, 0.717) is 17.5 Å². The van der Waals surface area contributed by atoms with Crippen LogP contribution >= 0.6 is 0 Å². The van der Waals surface area contributed by atoms with Gasteiger partial charge in [-0.3, -0.25) is 0 Å². The fourth-order valence-electron chi connectivity index (χ4n) is 6.74. The van der Waals surface area contributed by atoms with Crippen molar-refractivity contribution in [3.8, 4) is 56.4 Å². The normalized spacial score (nSPS) is 11.3. The van der Waals surface area contributed by atoms with Crippen molar-refractivity contribution in [2.45, 2.75) is 0 Å². The van der Waals surface area contributed by atoms with Crippen LogP contribution in [0.5, 0.6) is 0 Å². The molecule has 9 rings (SSSR count). The van der Waals surface area contributed by atoms with Gasteiger partial charge >= 0.3 is 0 Å². The van der Waals surface area contributed by atoms with Crippen molar-refractivity contribution >= 4 is 32.3 Å². The van der Waals surface area contributed by atoms with Crippen LogP contribution in [-0.4, -0.2) is 15.0 Å². The SMILES string of the molecule is c1ccc(-c2nc(-c3ccccc3)nc(-c3ccc4cc(-c5ccccc5-c5cccc6ccc7ccccc7c56)ccc4c3)n2)cc1. The molecule has 0 aliphatic rings. The fraction of sp³-hybridized carbons (Fsp3) is 0. The minimum absolute atomic E-state index is 0.655. The molecule has 0 radical (unpaired) electrons. The molecule has 0 spiro atoms. The number of hydrogen-bond donors (Lipinski definition) is 0. The number of fused-ring (bicyclic) bond motifs is 4. The second-order valence-electron chi connectivity index (χ2n) is 12.1. The molecule has 0 amide bonds. The zero-order valence-electron chi connectivity index (χ0n) is 26.1. The molecule has 0 aliphatic carbocycles. The van der Waals surface area contributed by atoms with E-state index < -0.39 is 0 Å². The Bertz CT molecular complexity index is 2550. The van der Waals surface area contributed by atoms with Crippen molar-refractivity contribution in [3.63, 3.8) is 0 Å². The minimum Gasteiger partial charge on any atom is -0.208 e. The summed E-state index contributed by atoms with van der Waals surface area (Å²) in [5, 5.41) is 7.35. The second-order valence-corrected chi connectivity index (χ2v) is 12.1. The van der Waals surface area contributed by atoms with Crippen LogP contribution in [0.3, 0.4) is 0 Å². The van der Waals surface area contributed by atoms with Crippen LogP contribution in [0.2, 0.25) is 0 Å². The molecule has 8 aromatic carbocycles. The Hall–Kier alpha value is -6.45. The van der Waals surface area contributed by atoms with Crippen molar-refractivity contribution in [3.05, 3.63) is 176 Å². The first kappa shape index (κ1) is 27.8. The lowest BCUT2D eigenvalue weighted by molar-refractivity contribution is 1.07. The molecule has 1 aromatic heterocycles. The third-order valence-corrected chi connectivity index (χ3v) is 9.10. The average molecular weight is 612 g/mol. The summed E-state index contributed by atoms with van der Waals surface area (Å²) in [6.07, 6.45) is 0. The van der Waals surface area contributed by atoms with Crippen LogP contribution in [0.4, 0.5) is 0 Å². The Morgan fingerprint density at radius 3 is 1.46 bits per heavy atom. The average Bonchev–Trinajstić information content (AvgIpc) is 3.17. The van der Waals surface area contributed by atoms with Gasteiger partial charge in [-0.15, -0.1) is 0 Å². The molecule has 9 aromatic rings. The van der Waals surface area contributed by atoms with Crippen LogP contribution in [0.25, 0.3) is 88.7 Å². The summed E-state index contributed by atoms with van der Waals surface area (Å²) in [5.41, 5.74) is 7.73. The summed E-state index contributed by atoms with van der Waals surface area (Å²) >= 11 is 0. The van der Waals surface area contributed by atoms with Gasteiger partial charge in [-0.25, -0.2) is 15.0 Å². The highest BCUT2D eigenvalue weighted by Gasteiger charge is 2.15. The molecule has 224 valence electrons. The van der Waals surface area contributed by atoms with E-state index >= 15 is 0 Å². The molecule has 48 heavy (non-hydrogen) atoms. The highest BCUT2D eigenvalue weighted by atomic mass is 15.0. The lowest BCUT2D eigenvalue weighted by Gasteiger charge is -2.15. The van der Waals surface area contributed by atoms with Gasteiger partial charge in [0.15, 0.2) is 17.5 Å². The largest absolute Gasteiger partial charge is 0.208 e. The smallest absolute Gasteiger partial charge is 0.164 e. The van der Waals surface area contributed by atoms with Gasteiger partial charge < -0.3 is 0 Å². The van der Waals surface area contributed by atoms with Crippen molar-refractivity contribution in [1.29, 1.82) is 0 Å². The number of hydrogen-bond acceptors (Lipinski definition) is 3. The quantitative estimate of drug-likeness (QED) is 0.182. The summed E-state index contributed by atoms with van der Waals surface area (Å²) < 4.78 is 0. The molecule has 0 fully saturated rings. The molecule has 0 aliphatic heterocycles. The first-order chi connectivity index (χ1) is 23.8. The summed E-state index contributed by atoms with van der Waals surface area (Å²) in [7, 11) is 0. The van der Waals surface area contributed by atoms with Crippen molar-refractivity contribution in [2.75, 3.05) is 0 Å². The maximum absolute atomic E-state index is 4.94. The van der Waals surface area contributed by atoms with Gasteiger partial charge in [0.1, 0.15) is 0 Å². The van der Waals surface area contributed by atoms with E-state index in [-0.39, 0.29) is 0 Å². The maximum Gasteiger partial charge on any atom is 0.164 e.